The molecule has 106 valence electrons. The highest BCUT2D eigenvalue weighted by Gasteiger charge is 2.21. The van der Waals surface area contributed by atoms with Gasteiger partial charge in [-0.3, -0.25) is 4.98 Å². The van der Waals surface area contributed by atoms with Crippen molar-refractivity contribution in [1.82, 2.24) is 4.98 Å². The molecule has 0 atom stereocenters. The van der Waals surface area contributed by atoms with Crippen LogP contribution in [0.25, 0.3) is 11.1 Å². The number of hydrogen-bond acceptors (Lipinski definition) is 1. The minimum atomic E-state index is 1.11. The standard InChI is InChI=1S/C20H21N/c1-2-8-19-17-7-5-4-6-15(17)10-11-16-14-21-13-12-18(16)20(19)9-3-1/h4-7,12-14H,1-3,8-11H2. The monoisotopic (exact) mass is 275 g/mol. The predicted octanol–water partition coefficient (Wildman–Crippen LogP) is 5.06. The lowest BCUT2D eigenvalue weighted by Gasteiger charge is -2.22. The molecule has 4 rings (SSSR count). The summed E-state index contributed by atoms with van der Waals surface area (Å²) >= 11 is 0. The number of aryl methyl sites for hydroxylation is 2. The predicted molar refractivity (Wildman–Crippen MR) is 88.0 cm³/mol. The van der Waals surface area contributed by atoms with E-state index >= 15 is 0 Å². The summed E-state index contributed by atoms with van der Waals surface area (Å²) in [5.74, 6) is 0. The van der Waals surface area contributed by atoms with Gasteiger partial charge in [0.05, 0.1) is 0 Å². The number of fused-ring (bicyclic) bond motifs is 4. The molecule has 0 radical (unpaired) electrons. The van der Waals surface area contributed by atoms with E-state index in [4.69, 9.17) is 0 Å². The number of pyridine rings is 1. The van der Waals surface area contributed by atoms with Crippen molar-refractivity contribution in [3.8, 4) is 0 Å². The topological polar surface area (TPSA) is 12.9 Å². The summed E-state index contributed by atoms with van der Waals surface area (Å²) in [5.41, 5.74) is 9.13. The zero-order valence-corrected chi connectivity index (χ0v) is 12.4. The van der Waals surface area contributed by atoms with Crippen LogP contribution < -0.4 is 0 Å². The fourth-order valence-electron chi connectivity index (χ4n) is 3.90. The molecular weight excluding hydrogens is 254 g/mol. The first-order valence-corrected chi connectivity index (χ1v) is 8.17. The largest absolute Gasteiger partial charge is 0.264 e. The lowest BCUT2D eigenvalue weighted by molar-refractivity contribution is 0.723. The number of nitrogens with zero attached hydrogens (tertiary/aromatic N) is 1. The van der Waals surface area contributed by atoms with Crippen LogP contribution in [0.1, 0.15) is 54.4 Å². The summed E-state index contributed by atoms with van der Waals surface area (Å²) in [6, 6.07) is 11.3. The van der Waals surface area contributed by atoms with Crippen molar-refractivity contribution < 1.29 is 0 Å². The van der Waals surface area contributed by atoms with E-state index < -0.39 is 0 Å². The van der Waals surface area contributed by atoms with Gasteiger partial charge >= 0.3 is 0 Å². The van der Waals surface area contributed by atoms with E-state index in [9.17, 15) is 0 Å². The van der Waals surface area contributed by atoms with Crippen LogP contribution in [0.2, 0.25) is 0 Å². The average Bonchev–Trinajstić information content (AvgIpc) is 2.77. The van der Waals surface area contributed by atoms with Gasteiger partial charge in [0.25, 0.3) is 0 Å². The number of rotatable bonds is 0. The molecule has 0 N–H and O–H groups in total. The van der Waals surface area contributed by atoms with Crippen LogP contribution in [0, 0.1) is 0 Å². The molecule has 1 aromatic heterocycles. The first-order chi connectivity index (χ1) is 10.4. The molecule has 2 aliphatic carbocycles. The Hall–Kier alpha value is -1.89. The first-order valence-electron chi connectivity index (χ1n) is 8.17. The third-order valence-corrected chi connectivity index (χ3v) is 4.95. The molecule has 0 fully saturated rings. The lowest BCUT2D eigenvalue weighted by Crippen LogP contribution is -2.05. The Morgan fingerprint density at radius 2 is 1.38 bits per heavy atom. The highest BCUT2D eigenvalue weighted by Crippen LogP contribution is 2.40. The summed E-state index contributed by atoms with van der Waals surface area (Å²) in [4.78, 5) is 4.36. The molecule has 1 heterocycles. The van der Waals surface area contributed by atoms with E-state index in [0.717, 1.165) is 12.8 Å². The van der Waals surface area contributed by atoms with Crippen LogP contribution in [0.3, 0.4) is 0 Å². The van der Waals surface area contributed by atoms with Gasteiger partial charge in [0.1, 0.15) is 0 Å². The van der Waals surface area contributed by atoms with Gasteiger partial charge in [-0.15, -0.1) is 0 Å². The maximum Gasteiger partial charge on any atom is 0.0306 e. The summed E-state index contributed by atoms with van der Waals surface area (Å²) in [6.45, 7) is 0. The Morgan fingerprint density at radius 3 is 2.24 bits per heavy atom. The molecule has 0 saturated heterocycles. The zero-order chi connectivity index (χ0) is 14.1. The normalized spacial score (nSPS) is 17.9. The SMILES string of the molecule is c1ccc2c(c1)CCc1cnccc1C1=C2CCCCC1. The second kappa shape index (κ2) is 5.48. The molecule has 0 spiro atoms. The van der Waals surface area contributed by atoms with Gasteiger partial charge in [-0.2, -0.15) is 0 Å². The molecule has 0 unspecified atom stereocenters. The van der Waals surface area contributed by atoms with E-state index in [-0.39, 0.29) is 0 Å². The van der Waals surface area contributed by atoms with Gasteiger partial charge in [0.15, 0.2) is 0 Å². The Balaban J connectivity index is 1.99. The second-order valence-corrected chi connectivity index (χ2v) is 6.21. The number of benzene rings is 1. The van der Waals surface area contributed by atoms with Gasteiger partial charge < -0.3 is 0 Å². The van der Waals surface area contributed by atoms with Crippen molar-refractivity contribution in [3.05, 3.63) is 65.0 Å². The van der Waals surface area contributed by atoms with Crippen LogP contribution in [0.15, 0.2) is 42.7 Å². The van der Waals surface area contributed by atoms with Crippen molar-refractivity contribution in [2.75, 3.05) is 0 Å². The zero-order valence-electron chi connectivity index (χ0n) is 12.4. The van der Waals surface area contributed by atoms with E-state index in [0.29, 0.717) is 0 Å². The van der Waals surface area contributed by atoms with E-state index in [1.807, 2.05) is 6.20 Å². The lowest BCUT2D eigenvalue weighted by atomic mass is 9.83. The first kappa shape index (κ1) is 12.8. The molecule has 1 aromatic carbocycles. The minimum Gasteiger partial charge on any atom is -0.264 e. The summed E-state index contributed by atoms with van der Waals surface area (Å²) in [7, 11) is 0. The maximum atomic E-state index is 4.36. The van der Waals surface area contributed by atoms with Crippen LogP contribution in [-0.4, -0.2) is 4.98 Å². The van der Waals surface area contributed by atoms with Gasteiger partial charge in [-0.1, -0.05) is 30.7 Å². The van der Waals surface area contributed by atoms with E-state index in [2.05, 4.69) is 41.5 Å². The van der Waals surface area contributed by atoms with Crippen molar-refractivity contribution in [1.29, 1.82) is 0 Å². The van der Waals surface area contributed by atoms with Crippen LogP contribution in [0.4, 0.5) is 0 Å². The van der Waals surface area contributed by atoms with Crippen molar-refractivity contribution in [2.24, 2.45) is 0 Å². The molecule has 21 heavy (non-hydrogen) atoms. The molecule has 2 aliphatic rings. The van der Waals surface area contributed by atoms with E-state index in [1.165, 1.54) is 54.4 Å². The number of aromatic nitrogens is 1. The molecule has 0 saturated carbocycles. The second-order valence-electron chi connectivity index (χ2n) is 6.21. The Kier molecular flexibility index (Phi) is 3.34. The average molecular weight is 275 g/mol. The molecule has 0 bridgehead atoms. The summed E-state index contributed by atoms with van der Waals surface area (Å²) < 4.78 is 0. The molecule has 0 aliphatic heterocycles. The van der Waals surface area contributed by atoms with Crippen LogP contribution in [-0.2, 0) is 12.8 Å². The van der Waals surface area contributed by atoms with E-state index in [1.54, 1.807) is 11.1 Å². The van der Waals surface area contributed by atoms with Gasteiger partial charge in [-0.25, -0.2) is 0 Å². The molecule has 0 amide bonds. The van der Waals surface area contributed by atoms with Crippen LogP contribution in [0.5, 0.6) is 0 Å². The fourth-order valence-corrected chi connectivity index (χ4v) is 3.90. The molecule has 2 aromatic rings. The molecular formula is C20H21N. The van der Waals surface area contributed by atoms with Gasteiger partial charge in [-0.05, 0) is 78.0 Å². The van der Waals surface area contributed by atoms with Crippen LogP contribution >= 0.6 is 0 Å². The quantitative estimate of drug-likeness (QED) is 0.655. The highest BCUT2D eigenvalue weighted by molar-refractivity contribution is 5.93. The molecule has 1 nitrogen and oxygen atoms in total. The highest BCUT2D eigenvalue weighted by atomic mass is 14.6. The van der Waals surface area contributed by atoms with Gasteiger partial charge in [0, 0.05) is 12.4 Å². The Morgan fingerprint density at radius 1 is 0.667 bits per heavy atom. The maximum absolute atomic E-state index is 4.36. The molecule has 1 heteroatoms. The van der Waals surface area contributed by atoms with Gasteiger partial charge in [0.2, 0.25) is 0 Å². The smallest absolute Gasteiger partial charge is 0.0306 e. The number of allylic oxidation sites excluding steroid dienone is 2. The Bertz CT molecular complexity index is 637. The fraction of sp³-hybridized carbons (Fsp3) is 0.350. The number of hydrogen-bond donors (Lipinski definition) is 0. The Labute approximate surface area is 126 Å². The summed E-state index contributed by atoms with van der Waals surface area (Å²) in [6.07, 6.45) is 12.7. The third-order valence-electron chi connectivity index (χ3n) is 4.95. The van der Waals surface area contributed by atoms with Crippen molar-refractivity contribution in [2.45, 2.75) is 44.9 Å². The summed E-state index contributed by atoms with van der Waals surface area (Å²) in [5, 5.41) is 0. The third kappa shape index (κ3) is 2.31. The van der Waals surface area contributed by atoms with Crippen molar-refractivity contribution >= 4 is 11.1 Å². The minimum absolute atomic E-state index is 1.11. The van der Waals surface area contributed by atoms with Crippen molar-refractivity contribution in [3.63, 3.8) is 0 Å².